The van der Waals surface area contributed by atoms with Crippen molar-refractivity contribution in [3.63, 3.8) is 0 Å². The minimum absolute atomic E-state index is 0.0760. The Kier molecular flexibility index (Phi) is 4.54. The molecule has 0 aliphatic carbocycles. The fourth-order valence-corrected chi connectivity index (χ4v) is 2.94. The molecule has 0 saturated heterocycles. The lowest BCUT2D eigenvalue weighted by atomic mass is 10.1. The highest BCUT2D eigenvalue weighted by Gasteiger charge is 2.31. The first kappa shape index (κ1) is 17.5. The van der Waals surface area contributed by atoms with E-state index in [1.165, 1.54) is 4.68 Å². The maximum atomic E-state index is 10.6. The van der Waals surface area contributed by atoms with Crippen LogP contribution in [0.2, 0.25) is 0 Å². The van der Waals surface area contributed by atoms with Gasteiger partial charge in [0.05, 0.1) is 23.3 Å². The third kappa shape index (κ3) is 3.04. The first-order valence-corrected chi connectivity index (χ1v) is 8.46. The van der Waals surface area contributed by atoms with E-state index >= 15 is 0 Å². The number of rotatable bonds is 5. The summed E-state index contributed by atoms with van der Waals surface area (Å²) in [5.41, 5.74) is 2.80. The van der Waals surface area contributed by atoms with Crippen LogP contribution in [0.3, 0.4) is 0 Å². The molecule has 2 heterocycles. The zero-order valence-corrected chi connectivity index (χ0v) is 14.2. The summed E-state index contributed by atoms with van der Waals surface area (Å²) in [6.45, 7) is -0.690. The molecule has 0 fully saturated rings. The molecule has 8 heteroatoms. The van der Waals surface area contributed by atoms with E-state index in [1.54, 1.807) is 6.07 Å². The van der Waals surface area contributed by atoms with Gasteiger partial charge in [-0.1, -0.05) is 30.3 Å². The monoisotopic (exact) mass is 366 g/mol. The highest BCUT2D eigenvalue weighted by Crippen LogP contribution is 2.28. The Morgan fingerprint density at radius 1 is 0.852 bits per heavy atom. The van der Waals surface area contributed by atoms with Crippen LogP contribution in [0.4, 0.5) is 0 Å². The Labute approximate surface area is 154 Å². The number of hydrogen-bond acceptors (Lipinski definition) is 7. The molecule has 8 nitrogen and oxygen atoms in total. The van der Waals surface area contributed by atoms with Crippen molar-refractivity contribution in [3.05, 3.63) is 60.3 Å². The summed E-state index contributed by atoms with van der Waals surface area (Å²) in [5, 5.41) is 43.9. The van der Waals surface area contributed by atoms with E-state index in [0.29, 0.717) is 27.9 Å². The number of aromatic nitrogens is 4. The molecule has 0 aliphatic rings. The summed E-state index contributed by atoms with van der Waals surface area (Å²) in [4.78, 5) is 9.17. The maximum Gasteiger partial charge on any atom is 0.182 e. The minimum atomic E-state index is -1.62. The SMILES string of the molecule is OC[C@@H](O)[C@H](O)[C@H](O)c1nn(-c2ccccc2)c2nc3ccccc3nc12. The van der Waals surface area contributed by atoms with Gasteiger partial charge < -0.3 is 20.4 Å². The lowest BCUT2D eigenvalue weighted by Crippen LogP contribution is -2.35. The summed E-state index contributed by atoms with van der Waals surface area (Å²) in [6.07, 6.45) is -4.67. The number of benzene rings is 2. The van der Waals surface area contributed by atoms with Crippen LogP contribution in [0.5, 0.6) is 0 Å². The molecule has 0 bridgehead atoms. The number of para-hydroxylation sites is 3. The number of aliphatic hydroxyl groups excluding tert-OH is 4. The molecule has 27 heavy (non-hydrogen) atoms. The molecule has 0 amide bonds. The van der Waals surface area contributed by atoms with Gasteiger partial charge in [-0.2, -0.15) is 5.10 Å². The van der Waals surface area contributed by atoms with Crippen LogP contribution in [0.1, 0.15) is 11.8 Å². The van der Waals surface area contributed by atoms with Crippen molar-refractivity contribution in [3.8, 4) is 5.69 Å². The van der Waals surface area contributed by atoms with Crippen molar-refractivity contribution in [2.45, 2.75) is 18.3 Å². The van der Waals surface area contributed by atoms with Gasteiger partial charge in [-0.25, -0.2) is 14.6 Å². The van der Waals surface area contributed by atoms with Crippen molar-refractivity contribution < 1.29 is 20.4 Å². The first-order chi connectivity index (χ1) is 13.1. The Balaban J connectivity index is 1.97. The summed E-state index contributed by atoms with van der Waals surface area (Å²) in [5.74, 6) is 0. The van der Waals surface area contributed by atoms with Gasteiger partial charge in [0.2, 0.25) is 0 Å². The summed E-state index contributed by atoms with van der Waals surface area (Å²) >= 11 is 0. The van der Waals surface area contributed by atoms with Gasteiger partial charge in [-0.05, 0) is 24.3 Å². The summed E-state index contributed by atoms with van der Waals surface area (Å²) < 4.78 is 1.53. The van der Waals surface area contributed by atoms with Crippen LogP contribution < -0.4 is 0 Å². The van der Waals surface area contributed by atoms with E-state index in [-0.39, 0.29) is 5.69 Å². The number of fused-ring (bicyclic) bond motifs is 2. The Hall–Kier alpha value is -2.91. The fourth-order valence-electron chi connectivity index (χ4n) is 2.94. The zero-order valence-electron chi connectivity index (χ0n) is 14.2. The number of nitrogens with zero attached hydrogens (tertiary/aromatic N) is 4. The lowest BCUT2D eigenvalue weighted by Gasteiger charge is -2.19. The van der Waals surface area contributed by atoms with E-state index in [4.69, 9.17) is 5.11 Å². The topological polar surface area (TPSA) is 125 Å². The van der Waals surface area contributed by atoms with Gasteiger partial charge in [0, 0.05) is 0 Å². The second-order valence-electron chi connectivity index (χ2n) is 6.20. The molecular formula is C19H18N4O4. The highest BCUT2D eigenvalue weighted by molar-refractivity contribution is 5.86. The molecule has 0 radical (unpaired) electrons. The molecule has 0 saturated carbocycles. The van der Waals surface area contributed by atoms with Gasteiger partial charge in [-0.3, -0.25) is 0 Å². The predicted octanol–water partition coefficient (Wildman–Crippen LogP) is 0.716. The quantitative estimate of drug-likeness (QED) is 0.410. The van der Waals surface area contributed by atoms with Crippen LogP contribution in [0.25, 0.3) is 27.9 Å². The first-order valence-electron chi connectivity index (χ1n) is 8.46. The molecule has 2 aromatic carbocycles. The van der Waals surface area contributed by atoms with Crippen LogP contribution in [0.15, 0.2) is 54.6 Å². The molecule has 138 valence electrons. The third-order valence-electron chi connectivity index (χ3n) is 4.39. The standard InChI is InChI=1S/C19H18N4O4/c24-10-14(25)17(26)18(27)15-16-19(21-13-9-5-4-8-12(13)20-16)23(22-15)11-6-2-1-3-7-11/h1-9,14,17-18,24-27H,10H2/t14-,17+,18-/m1/s1. The highest BCUT2D eigenvalue weighted by atomic mass is 16.4. The molecule has 0 spiro atoms. The van der Waals surface area contributed by atoms with Crippen LogP contribution >= 0.6 is 0 Å². The van der Waals surface area contributed by atoms with Gasteiger partial charge in [-0.15, -0.1) is 0 Å². The van der Waals surface area contributed by atoms with E-state index in [1.807, 2.05) is 48.5 Å². The maximum absolute atomic E-state index is 10.6. The van der Waals surface area contributed by atoms with Gasteiger partial charge in [0.25, 0.3) is 0 Å². The van der Waals surface area contributed by atoms with Gasteiger partial charge in [0.15, 0.2) is 5.65 Å². The lowest BCUT2D eigenvalue weighted by molar-refractivity contribution is -0.0786. The van der Waals surface area contributed by atoms with E-state index in [2.05, 4.69) is 15.1 Å². The average molecular weight is 366 g/mol. The van der Waals surface area contributed by atoms with Gasteiger partial charge >= 0.3 is 0 Å². The Morgan fingerprint density at radius 2 is 1.48 bits per heavy atom. The van der Waals surface area contributed by atoms with Crippen LogP contribution in [-0.2, 0) is 0 Å². The molecule has 4 rings (SSSR count). The average Bonchev–Trinajstić information content (AvgIpc) is 3.09. The fraction of sp³-hybridized carbons (Fsp3) is 0.211. The Bertz CT molecular complexity index is 1080. The van der Waals surface area contributed by atoms with Crippen molar-refractivity contribution in [2.75, 3.05) is 6.61 Å². The van der Waals surface area contributed by atoms with Crippen LogP contribution in [-0.4, -0.2) is 59.0 Å². The van der Waals surface area contributed by atoms with Crippen molar-refractivity contribution in [1.82, 2.24) is 19.7 Å². The van der Waals surface area contributed by atoms with Gasteiger partial charge in [0.1, 0.15) is 29.5 Å². The Morgan fingerprint density at radius 3 is 2.15 bits per heavy atom. The van der Waals surface area contributed by atoms with E-state index < -0.39 is 24.9 Å². The normalized spacial score (nSPS) is 15.1. The molecule has 0 unspecified atom stereocenters. The molecule has 0 aliphatic heterocycles. The molecule has 4 aromatic rings. The zero-order chi connectivity index (χ0) is 19.0. The van der Waals surface area contributed by atoms with E-state index in [0.717, 1.165) is 0 Å². The van der Waals surface area contributed by atoms with Crippen molar-refractivity contribution >= 4 is 22.2 Å². The smallest absolute Gasteiger partial charge is 0.182 e. The molecule has 3 atom stereocenters. The molecular weight excluding hydrogens is 348 g/mol. The second-order valence-corrected chi connectivity index (χ2v) is 6.20. The molecule has 4 N–H and O–H groups in total. The van der Waals surface area contributed by atoms with Crippen molar-refractivity contribution in [1.29, 1.82) is 0 Å². The summed E-state index contributed by atoms with van der Waals surface area (Å²) in [7, 11) is 0. The third-order valence-corrected chi connectivity index (χ3v) is 4.39. The van der Waals surface area contributed by atoms with E-state index in [9.17, 15) is 15.3 Å². The largest absolute Gasteiger partial charge is 0.394 e. The van der Waals surface area contributed by atoms with Crippen LogP contribution in [0, 0.1) is 0 Å². The second kappa shape index (κ2) is 7.01. The molecule has 2 aromatic heterocycles. The predicted molar refractivity (Wildman–Crippen MR) is 98.2 cm³/mol. The van der Waals surface area contributed by atoms with Crippen molar-refractivity contribution in [2.24, 2.45) is 0 Å². The number of aliphatic hydroxyl groups is 4. The summed E-state index contributed by atoms with van der Waals surface area (Å²) in [6, 6.07) is 16.5. The minimum Gasteiger partial charge on any atom is -0.394 e. The number of hydrogen-bond donors (Lipinski definition) is 4.